The summed E-state index contributed by atoms with van der Waals surface area (Å²) < 4.78 is 23.0. The maximum Gasteiger partial charge on any atom is 0.150 e. The number of unbranched alkanes of at least 4 members (excludes halogenated alkanes) is 3. The summed E-state index contributed by atoms with van der Waals surface area (Å²) in [5.74, 6) is 1.78. The molecule has 1 aliphatic heterocycles. The number of rotatable bonds is 8. The molecule has 0 saturated carbocycles. The van der Waals surface area contributed by atoms with Gasteiger partial charge in [-0.2, -0.15) is 0 Å². The lowest BCUT2D eigenvalue weighted by Gasteiger charge is -2.22. The standard InChI is InChI=1S/C13H27NO2S/c1-3-4-5-6-7-12(10-14-2)13-8-9-17(15,16)11-13/h12-14H,3-11H2,1-2H3. The average molecular weight is 261 g/mol. The van der Waals surface area contributed by atoms with E-state index in [4.69, 9.17) is 0 Å². The highest BCUT2D eigenvalue weighted by Crippen LogP contribution is 2.29. The lowest BCUT2D eigenvalue weighted by Crippen LogP contribution is -2.26. The topological polar surface area (TPSA) is 46.2 Å². The van der Waals surface area contributed by atoms with Crippen molar-refractivity contribution in [3.8, 4) is 0 Å². The summed E-state index contributed by atoms with van der Waals surface area (Å²) in [6.07, 6.45) is 7.15. The maximum atomic E-state index is 11.5. The van der Waals surface area contributed by atoms with Crippen molar-refractivity contribution in [1.82, 2.24) is 5.32 Å². The van der Waals surface area contributed by atoms with Gasteiger partial charge in [-0.3, -0.25) is 0 Å². The Balaban J connectivity index is 2.37. The Hall–Kier alpha value is -0.0900. The van der Waals surface area contributed by atoms with Crippen molar-refractivity contribution < 1.29 is 8.42 Å². The fourth-order valence-electron chi connectivity index (χ4n) is 2.80. The quantitative estimate of drug-likeness (QED) is 0.682. The summed E-state index contributed by atoms with van der Waals surface area (Å²) in [6, 6.07) is 0. The van der Waals surface area contributed by atoms with Gasteiger partial charge in [-0.1, -0.05) is 32.6 Å². The maximum absolute atomic E-state index is 11.5. The van der Waals surface area contributed by atoms with Crippen molar-refractivity contribution in [2.24, 2.45) is 11.8 Å². The predicted octanol–water partition coefficient (Wildman–Crippen LogP) is 2.23. The normalized spacial score (nSPS) is 24.9. The van der Waals surface area contributed by atoms with E-state index in [1.807, 2.05) is 7.05 Å². The van der Waals surface area contributed by atoms with Gasteiger partial charge in [0.25, 0.3) is 0 Å². The van der Waals surface area contributed by atoms with Gasteiger partial charge >= 0.3 is 0 Å². The number of hydrogen-bond acceptors (Lipinski definition) is 3. The minimum atomic E-state index is -2.72. The third-order valence-corrected chi connectivity index (χ3v) is 5.62. The Labute approximate surface area is 106 Å². The van der Waals surface area contributed by atoms with Gasteiger partial charge in [0, 0.05) is 0 Å². The van der Waals surface area contributed by atoms with E-state index in [9.17, 15) is 8.42 Å². The number of hydrogen-bond donors (Lipinski definition) is 1. The van der Waals surface area contributed by atoms with E-state index in [0.29, 0.717) is 23.3 Å². The van der Waals surface area contributed by atoms with E-state index < -0.39 is 9.84 Å². The van der Waals surface area contributed by atoms with Crippen LogP contribution in [0.2, 0.25) is 0 Å². The van der Waals surface area contributed by atoms with Crippen LogP contribution in [0.4, 0.5) is 0 Å². The predicted molar refractivity (Wildman–Crippen MR) is 72.9 cm³/mol. The van der Waals surface area contributed by atoms with E-state index in [1.165, 1.54) is 32.1 Å². The van der Waals surface area contributed by atoms with Crippen molar-refractivity contribution in [1.29, 1.82) is 0 Å². The van der Waals surface area contributed by atoms with E-state index in [-0.39, 0.29) is 0 Å². The minimum absolute atomic E-state index is 0.397. The molecule has 0 aromatic rings. The zero-order valence-electron chi connectivity index (χ0n) is 11.2. The van der Waals surface area contributed by atoms with Crippen LogP contribution >= 0.6 is 0 Å². The molecule has 1 heterocycles. The van der Waals surface area contributed by atoms with E-state index >= 15 is 0 Å². The summed E-state index contributed by atoms with van der Waals surface area (Å²) in [5, 5.41) is 3.22. The van der Waals surface area contributed by atoms with Gasteiger partial charge in [-0.25, -0.2) is 8.42 Å². The van der Waals surface area contributed by atoms with Gasteiger partial charge in [0.1, 0.15) is 0 Å². The molecule has 2 atom stereocenters. The molecule has 0 bridgehead atoms. The Morgan fingerprint density at radius 1 is 1.29 bits per heavy atom. The van der Waals surface area contributed by atoms with Crippen molar-refractivity contribution in [2.45, 2.75) is 45.4 Å². The van der Waals surface area contributed by atoms with Crippen molar-refractivity contribution in [3.05, 3.63) is 0 Å². The molecule has 1 saturated heterocycles. The third kappa shape index (κ3) is 5.38. The van der Waals surface area contributed by atoms with Crippen LogP contribution in [0.15, 0.2) is 0 Å². The lowest BCUT2D eigenvalue weighted by atomic mass is 9.87. The van der Waals surface area contributed by atoms with Crippen LogP contribution in [0.3, 0.4) is 0 Å². The van der Waals surface area contributed by atoms with Gasteiger partial charge in [0.15, 0.2) is 9.84 Å². The summed E-state index contributed by atoms with van der Waals surface area (Å²) >= 11 is 0. The van der Waals surface area contributed by atoms with Crippen LogP contribution in [0.5, 0.6) is 0 Å². The smallest absolute Gasteiger partial charge is 0.150 e. The number of sulfone groups is 1. The molecule has 0 amide bonds. The third-order valence-electron chi connectivity index (χ3n) is 3.83. The first-order chi connectivity index (χ1) is 8.09. The molecule has 1 aliphatic rings. The molecule has 0 aliphatic carbocycles. The van der Waals surface area contributed by atoms with Gasteiger partial charge < -0.3 is 5.32 Å². The first kappa shape index (κ1) is 15.0. The molecule has 0 radical (unpaired) electrons. The Morgan fingerprint density at radius 2 is 2.06 bits per heavy atom. The SMILES string of the molecule is CCCCCCC(CNC)C1CCS(=O)(=O)C1. The second-order valence-electron chi connectivity index (χ2n) is 5.33. The molecule has 0 spiro atoms. The Kier molecular flexibility index (Phi) is 6.49. The molecule has 1 rings (SSSR count). The second-order valence-corrected chi connectivity index (χ2v) is 7.56. The summed E-state index contributed by atoms with van der Waals surface area (Å²) in [6.45, 7) is 3.18. The summed E-state index contributed by atoms with van der Waals surface area (Å²) in [4.78, 5) is 0. The highest BCUT2D eigenvalue weighted by molar-refractivity contribution is 7.91. The van der Waals surface area contributed by atoms with Crippen molar-refractivity contribution >= 4 is 9.84 Å². The zero-order valence-corrected chi connectivity index (χ0v) is 12.1. The molecular formula is C13H27NO2S. The lowest BCUT2D eigenvalue weighted by molar-refractivity contribution is 0.321. The molecule has 2 unspecified atom stereocenters. The minimum Gasteiger partial charge on any atom is -0.319 e. The monoisotopic (exact) mass is 261 g/mol. The second kappa shape index (κ2) is 7.37. The van der Waals surface area contributed by atoms with Gasteiger partial charge in [0.05, 0.1) is 11.5 Å². The van der Waals surface area contributed by atoms with Crippen LogP contribution in [0.25, 0.3) is 0 Å². The molecule has 3 nitrogen and oxygen atoms in total. The van der Waals surface area contributed by atoms with Gasteiger partial charge in [0.2, 0.25) is 0 Å². The van der Waals surface area contributed by atoms with Crippen molar-refractivity contribution in [2.75, 3.05) is 25.1 Å². The fraction of sp³-hybridized carbons (Fsp3) is 1.00. The van der Waals surface area contributed by atoms with E-state index in [1.54, 1.807) is 0 Å². The summed E-state index contributed by atoms with van der Waals surface area (Å²) in [5.41, 5.74) is 0. The average Bonchev–Trinajstić information content (AvgIpc) is 2.63. The molecule has 0 aromatic heterocycles. The first-order valence-electron chi connectivity index (χ1n) is 6.94. The fourth-order valence-corrected chi connectivity index (χ4v) is 4.72. The van der Waals surface area contributed by atoms with Crippen LogP contribution in [-0.2, 0) is 9.84 Å². The van der Waals surface area contributed by atoms with E-state index in [2.05, 4.69) is 12.2 Å². The Morgan fingerprint density at radius 3 is 2.59 bits per heavy atom. The van der Waals surface area contributed by atoms with Crippen molar-refractivity contribution in [3.63, 3.8) is 0 Å². The summed E-state index contributed by atoms with van der Waals surface area (Å²) in [7, 11) is -0.761. The molecule has 4 heteroatoms. The van der Waals surface area contributed by atoms with E-state index in [0.717, 1.165) is 13.0 Å². The first-order valence-corrected chi connectivity index (χ1v) is 8.76. The van der Waals surface area contributed by atoms with Crippen LogP contribution in [0.1, 0.15) is 45.4 Å². The van der Waals surface area contributed by atoms with Crippen LogP contribution in [-0.4, -0.2) is 33.5 Å². The van der Waals surface area contributed by atoms with Crippen LogP contribution in [0, 0.1) is 11.8 Å². The molecule has 17 heavy (non-hydrogen) atoms. The molecule has 1 N–H and O–H groups in total. The highest BCUT2D eigenvalue weighted by atomic mass is 32.2. The largest absolute Gasteiger partial charge is 0.319 e. The molecule has 1 fully saturated rings. The Bertz CT molecular complexity index is 301. The molecular weight excluding hydrogens is 234 g/mol. The van der Waals surface area contributed by atoms with Gasteiger partial charge in [-0.05, 0) is 38.3 Å². The molecule has 102 valence electrons. The van der Waals surface area contributed by atoms with Crippen LogP contribution < -0.4 is 5.32 Å². The van der Waals surface area contributed by atoms with Gasteiger partial charge in [-0.15, -0.1) is 0 Å². The number of nitrogens with one attached hydrogen (secondary N) is 1. The zero-order chi connectivity index (χ0) is 12.7. The molecule has 0 aromatic carbocycles. The highest BCUT2D eigenvalue weighted by Gasteiger charge is 2.32.